The minimum Gasteiger partial charge on any atom is -0.412 e. The van der Waals surface area contributed by atoms with Crippen molar-refractivity contribution in [2.45, 2.75) is 61.4 Å². The van der Waals surface area contributed by atoms with Crippen molar-refractivity contribution in [3.63, 3.8) is 0 Å². The van der Waals surface area contributed by atoms with Crippen LogP contribution in [0.15, 0.2) is 0 Å². The Labute approximate surface area is 139 Å². The summed E-state index contributed by atoms with van der Waals surface area (Å²) in [6.07, 6.45) is -15.6. The third-order valence-corrected chi connectivity index (χ3v) is 3.98. The second kappa shape index (κ2) is 8.75. The molecule has 0 aromatic carbocycles. The highest BCUT2D eigenvalue weighted by molar-refractivity contribution is 4.93. The summed E-state index contributed by atoms with van der Waals surface area (Å²) in [5, 5.41) is 76.5. The van der Waals surface area contributed by atoms with E-state index >= 15 is 0 Å². The van der Waals surface area contributed by atoms with Gasteiger partial charge in [0, 0.05) is 0 Å². The van der Waals surface area contributed by atoms with Crippen molar-refractivity contribution in [3.05, 3.63) is 0 Å². The summed E-state index contributed by atoms with van der Waals surface area (Å²) in [5.74, 6) is 0. The van der Waals surface area contributed by atoms with Crippen LogP contribution in [-0.4, -0.2) is 124 Å². The number of rotatable bonds is 4. The standard InChI is InChI=1S/C12H22O11.H2O/c13-1-3-5(15)6(16)9(19)12(22-3)23-10-4(2-14)21-11(20)8(18)7(10)17;/h3-20H,1-2H2;1H2/t3-,4-,5+,6+,7-,8-,9-,10-,11+,12+;/m1./s1/i/hD2. The average molecular weight is 362 g/mol. The fraction of sp³-hybridized carbons (Fsp3) is 1.00. The summed E-state index contributed by atoms with van der Waals surface area (Å²) in [7, 11) is 0. The molecule has 0 spiro atoms. The highest BCUT2D eigenvalue weighted by Gasteiger charge is 2.50. The van der Waals surface area contributed by atoms with Gasteiger partial charge in [0.25, 0.3) is 0 Å². The molecule has 12 nitrogen and oxygen atoms in total. The maximum absolute atomic E-state index is 9.94. The van der Waals surface area contributed by atoms with E-state index in [0.29, 0.717) is 0 Å². The van der Waals surface area contributed by atoms with Gasteiger partial charge >= 0.3 is 0 Å². The summed E-state index contributed by atoms with van der Waals surface area (Å²) in [5.41, 5.74) is 2.75. The molecular formula is C12H24O12. The summed E-state index contributed by atoms with van der Waals surface area (Å²) >= 11 is 0. The van der Waals surface area contributed by atoms with Crippen LogP contribution in [-0.2, 0) is 14.2 Å². The molecule has 0 saturated carbocycles. The molecule has 0 aromatic rings. The van der Waals surface area contributed by atoms with E-state index in [1.165, 1.54) is 0 Å². The van der Waals surface area contributed by atoms with Crippen molar-refractivity contribution >= 4 is 0 Å². The normalized spacial score (nSPS) is 50.3. The number of aliphatic hydroxyl groups excluding tert-OH is 8. The SMILES string of the molecule is OC[C@H]1O[C@@H](O[C@H]2[C@H](O)[C@@H](O)[C@@H](O)O[C@@H]2CO)[C@H](O)[C@@H](O)[C@H]1O.[2H]O[2H]. The van der Waals surface area contributed by atoms with Gasteiger partial charge in [-0.2, -0.15) is 0 Å². The summed E-state index contributed by atoms with van der Waals surface area (Å²) in [6.45, 7) is -1.35. The molecule has 0 aliphatic carbocycles. The zero-order valence-electron chi connectivity index (χ0n) is 14.4. The van der Waals surface area contributed by atoms with E-state index < -0.39 is 74.6 Å². The number of aliphatic hydroxyl groups is 8. The van der Waals surface area contributed by atoms with Gasteiger partial charge in [0.05, 0.1) is 13.2 Å². The van der Waals surface area contributed by atoms with Gasteiger partial charge in [0.2, 0.25) is 2.86 Å². The van der Waals surface area contributed by atoms with E-state index in [1.54, 1.807) is 0 Å². The zero-order valence-corrected chi connectivity index (χ0v) is 12.4. The first-order valence-electron chi connectivity index (χ1n) is 7.90. The third kappa shape index (κ3) is 4.01. The molecule has 10 N–H and O–H groups in total. The molecule has 0 unspecified atom stereocenters. The second-order valence-corrected chi connectivity index (χ2v) is 5.53. The largest absolute Gasteiger partial charge is 0.412 e. The van der Waals surface area contributed by atoms with Crippen LogP contribution in [0.5, 0.6) is 0 Å². The highest BCUT2D eigenvalue weighted by atomic mass is 16.7. The molecule has 2 rings (SSSR count). The summed E-state index contributed by atoms with van der Waals surface area (Å²) < 4.78 is 26.0. The molecule has 0 radical (unpaired) electrons. The van der Waals surface area contributed by atoms with Crippen LogP contribution < -0.4 is 0 Å². The van der Waals surface area contributed by atoms with Gasteiger partial charge in [-0.05, 0) is 0 Å². The first kappa shape index (κ1) is 18.3. The molecule has 24 heavy (non-hydrogen) atoms. The molecule has 0 bridgehead atoms. The number of hydrogen-bond acceptors (Lipinski definition) is 11. The van der Waals surface area contributed by atoms with E-state index in [-0.39, 0.29) is 0 Å². The van der Waals surface area contributed by atoms with Gasteiger partial charge in [-0.15, -0.1) is 0 Å². The van der Waals surface area contributed by atoms with Crippen LogP contribution >= 0.6 is 0 Å². The van der Waals surface area contributed by atoms with Crippen LogP contribution in [0, 0.1) is 0 Å². The molecule has 2 saturated heterocycles. The third-order valence-electron chi connectivity index (χ3n) is 3.98. The molecule has 2 fully saturated rings. The molecule has 2 aliphatic heterocycles. The minimum absolute atomic E-state index is 0.667. The van der Waals surface area contributed by atoms with Crippen molar-refractivity contribution in [2.24, 2.45) is 0 Å². The Hall–Kier alpha value is -0.480. The fourth-order valence-corrected chi connectivity index (χ4v) is 2.57. The maximum Gasteiger partial charge on any atom is 0.206 e. The Kier molecular flexibility index (Phi) is 6.68. The van der Waals surface area contributed by atoms with Crippen molar-refractivity contribution in [1.29, 1.82) is 2.86 Å². The summed E-state index contributed by atoms with van der Waals surface area (Å²) in [6, 6.07) is 0. The van der Waals surface area contributed by atoms with Crippen molar-refractivity contribution in [2.75, 3.05) is 13.2 Å². The van der Waals surface area contributed by atoms with E-state index in [9.17, 15) is 35.7 Å². The zero-order chi connectivity index (χ0) is 20.0. The van der Waals surface area contributed by atoms with Gasteiger partial charge < -0.3 is 60.5 Å². The highest BCUT2D eigenvalue weighted by Crippen LogP contribution is 2.28. The molecule has 0 aromatic heterocycles. The van der Waals surface area contributed by atoms with Crippen LogP contribution in [0.1, 0.15) is 0 Å². The van der Waals surface area contributed by atoms with Gasteiger partial charge in [-0.3, -0.25) is 0 Å². The number of hydrogen-bond donors (Lipinski definition) is 8. The average Bonchev–Trinajstić information content (AvgIpc) is 2.62. The van der Waals surface area contributed by atoms with Gasteiger partial charge in [0.15, 0.2) is 12.6 Å². The van der Waals surface area contributed by atoms with E-state index in [4.69, 9.17) is 22.2 Å². The van der Waals surface area contributed by atoms with E-state index in [0.717, 1.165) is 0 Å². The van der Waals surface area contributed by atoms with Gasteiger partial charge in [-0.1, -0.05) is 0 Å². The molecule has 2 heterocycles. The van der Waals surface area contributed by atoms with Gasteiger partial charge in [-0.25, -0.2) is 0 Å². The topological polar surface area (TPSA) is 221 Å². The molecular weight excluding hydrogens is 336 g/mol. The first-order valence-corrected chi connectivity index (χ1v) is 7.08. The minimum atomic E-state index is -1.74. The predicted octanol–water partition coefficient (Wildman–Crippen LogP) is -6.22. The monoisotopic (exact) mass is 362 g/mol. The van der Waals surface area contributed by atoms with Crippen LogP contribution in [0.25, 0.3) is 0 Å². The lowest BCUT2D eigenvalue weighted by Gasteiger charge is -2.45. The molecule has 12 heteroatoms. The van der Waals surface area contributed by atoms with Crippen LogP contribution in [0.4, 0.5) is 0 Å². The van der Waals surface area contributed by atoms with Crippen molar-refractivity contribution in [1.82, 2.24) is 0 Å². The first-order chi connectivity index (χ1) is 12.2. The fourth-order valence-electron chi connectivity index (χ4n) is 2.57. The van der Waals surface area contributed by atoms with Crippen molar-refractivity contribution in [3.8, 4) is 0 Å². The molecule has 0 amide bonds. The van der Waals surface area contributed by atoms with Crippen molar-refractivity contribution < 1.29 is 60.5 Å². The van der Waals surface area contributed by atoms with Crippen LogP contribution in [0.3, 0.4) is 0 Å². The lowest BCUT2D eigenvalue weighted by atomic mass is 9.97. The lowest BCUT2D eigenvalue weighted by molar-refractivity contribution is -0.355. The van der Waals surface area contributed by atoms with Gasteiger partial charge in [0.1, 0.15) is 48.8 Å². The summed E-state index contributed by atoms with van der Waals surface area (Å²) in [4.78, 5) is 0. The Morgan fingerprint density at radius 2 is 1.38 bits per heavy atom. The molecule has 144 valence electrons. The quantitative estimate of drug-likeness (QED) is 0.235. The molecule has 10 atom stereocenters. The number of ether oxygens (including phenoxy) is 3. The van der Waals surface area contributed by atoms with E-state index in [2.05, 4.69) is 5.48 Å². The maximum atomic E-state index is 9.94. The second-order valence-electron chi connectivity index (χ2n) is 5.53. The Balaban J connectivity index is 0.00000105. The van der Waals surface area contributed by atoms with Crippen LogP contribution in [0.2, 0.25) is 0 Å². The lowest BCUT2D eigenvalue weighted by Crippen LogP contribution is -2.64. The Bertz CT molecular complexity index is 402. The van der Waals surface area contributed by atoms with E-state index in [1.807, 2.05) is 0 Å². The smallest absolute Gasteiger partial charge is 0.206 e. The predicted molar refractivity (Wildman–Crippen MR) is 72.2 cm³/mol. The Morgan fingerprint density at radius 1 is 0.792 bits per heavy atom. The molecule has 2 aliphatic rings. The Morgan fingerprint density at radius 3 is 1.92 bits per heavy atom.